The molecule has 1 atom stereocenters. The van der Waals surface area contributed by atoms with Crippen LogP contribution in [-0.2, 0) is 7.05 Å². The summed E-state index contributed by atoms with van der Waals surface area (Å²) in [6.07, 6.45) is 0.968. The van der Waals surface area contributed by atoms with E-state index in [0.29, 0.717) is 5.92 Å². The minimum atomic E-state index is 0.0210. The Labute approximate surface area is 103 Å². The summed E-state index contributed by atoms with van der Waals surface area (Å²) in [5.41, 5.74) is 9.65. The first kappa shape index (κ1) is 12.1. The Hall–Kier alpha value is -1.35. The van der Waals surface area contributed by atoms with Gasteiger partial charge in [-0.25, -0.2) is 4.98 Å². The molecule has 3 heteroatoms. The molecular formula is C14H21N3. The van der Waals surface area contributed by atoms with Crippen LogP contribution in [-0.4, -0.2) is 9.55 Å². The Kier molecular flexibility index (Phi) is 3.20. The van der Waals surface area contributed by atoms with Gasteiger partial charge < -0.3 is 10.3 Å². The van der Waals surface area contributed by atoms with Crippen molar-refractivity contribution in [1.29, 1.82) is 0 Å². The Morgan fingerprint density at radius 1 is 1.35 bits per heavy atom. The maximum absolute atomic E-state index is 6.22. The quantitative estimate of drug-likeness (QED) is 0.882. The van der Waals surface area contributed by atoms with E-state index in [1.54, 1.807) is 0 Å². The number of rotatable bonds is 3. The topological polar surface area (TPSA) is 43.8 Å². The summed E-state index contributed by atoms with van der Waals surface area (Å²) in [7, 11) is 2.04. The molecule has 0 aliphatic carbocycles. The second-order valence-corrected chi connectivity index (χ2v) is 5.26. The van der Waals surface area contributed by atoms with Gasteiger partial charge in [0.1, 0.15) is 5.82 Å². The molecule has 0 radical (unpaired) electrons. The standard InChI is InChI=1S/C14H21N3/c1-9(2)7-11(15)14-16-12-8-10(3)5-6-13(12)17(14)4/h5-6,8-9,11H,7,15H2,1-4H3. The largest absolute Gasteiger partial charge is 0.330 e. The van der Waals surface area contributed by atoms with Crippen LogP contribution in [0.1, 0.15) is 37.7 Å². The molecule has 0 fully saturated rings. The average molecular weight is 231 g/mol. The van der Waals surface area contributed by atoms with Crippen molar-refractivity contribution in [2.24, 2.45) is 18.7 Å². The third-order valence-electron chi connectivity index (χ3n) is 3.13. The minimum absolute atomic E-state index is 0.0210. The van der Waals surface area contributed by atoms with Crippen molar-refractivity contribution < 1.29 is 0 Å². The average Bonchev–Trinajstić information content (AvgIpc) is 2.54. The molecule has 1 aromatic carbocycles. The second kappa shape index (κ2) is 4.49. The van der Waals surface area contributed by atoms with Gasteiger partial charge >= 0.3 is 0 Å². The van der Waals surface area contributed by atoms with Gasteiger partial charge in [-0.3, -0.25) is 0 Å². The summed E-state index contributed by atoms with van der Waals surface area (Å²) in [6.45, 7) is 6.46. The maximum Gasteiger partial charge on any atom is 0.126 e. The van der Waals surface area contributed by atoms with E-state index in [1.807, 2.05) is 7.05 Å². The van der Waals surface area contributed by atoms with Crippen molar-refractivity contribution in [2.45, 2.75) is 33.2 Å². The number of imidazole rings is 1. The van der Waals surface area contributed by atoms with Crippen LogP contribution in [0.15, 0.2) is 18.2 Å². The molecule has 1 unspecified atom stereocenters. The van der Waals surface area contributed by atoms with Crippen molar-refractivity contribution in [3.05, 3.63) is 29.6 Å². The van der Waals surface area contributed by atoms with Crippen molar-refractivity contribution in [1.82, 2.24) is 9.55 Å². The van der Waals surface area contributed by atoms with Crippen LogP contribution in [0.4, 0.5) is 0 Å². The first-order valence-corrected chi connectivity index (χ1v) is 6.17. The van der Waals surface area contributed by atoms with E-state index in [2.05, 4.69) is 48.5 Å². The lowest BCUT2D eigenvalue weighted by molar-refractivity contribution is 0.485. The number of hydrogen-bond acceptors (Lipinski definition) is 2. The van der Waals surface area contributed by atoms with Gasteiger partial charge in [-0.05, 0) is 37.0 Å². The molecule has 0 saturated carbocycles. The molecule has 1 aromatic heterocycles. The normalized spacial score (nSPS) is 13.5. The molecular weight excluding hydrogens is 210 g/mol. The number of benzene rings is 1. The molecule has 0 aliphatic rings. The van der Waals surface area contributed by atoms with Gasteiger partial charge in [0.2, 0.25) is 0 Å². The van der Waals surface area contributed by atoms with E-state index >= 15 is 0 Å². The molecule has 1 heterocycles. The zero-order valence-corrected chi connectivity index (χ0v) is 11.1. The van der Waals surface area contributed by atoms with Crippen LogP contribution in [0.2, 0.25) is 0 Å². The third kappa shape index (κ3) is 2.34. The Bertz CT molecular complexity index is 525. The predicted octanol–water partition coefficient (Wildman–Crippen LogP) is 2.93. The summed E-state index contributed by atoms with van der Waals surface area (Å²) in [6, 6.07) is 6.36. The highest BCUT2D eigenvalue weighted by Crippen LogP contribution is 2.23. The summed E-state index contributed by atoms with van der Waals surface area (Å²) < 4.78 is 2.11. The number of hydrogen-bond donors (Lipinski definition) is 1. The molecule has 17 heavy (non-hydrogen) atoms. The fourth-order valence-corrected chi connectivity index (χ4v) is 2.27. The fraction of sp³-hybridized carbons (Fsp3) is 0.500. The number of nitrogens with zero attached hydrogens (tertiary/aromatic N) is 2. The lowest BCUT2D eigenvalue weighted by Crippen LogP contribution is -2.17. The van der Waals surface area contributed by atoms with Gasteiger partial charge in [0.25, 0.3) is 0 Å². The van der Waals surface area contributed by atoms with Crippen LogP contribution in [0, 0.1) is 12.8 Å². The van der Waals surface area contributed by atoms with Crippen molar-refractivity contribution in [2.75, 3.05) is 0 Å². The van der Waals surface area contributed by atoms with Gasteiger partial charge in [-0.15, -0.1) is 0 Å². The fourth-order valence-electron chi connectivity index (χ4n) is 2.27. The van der Waals surface area contributed by atoms with Gasteiger partial charge in [0.05, 0.1) is 17.1 Å². The van der Waals surface area contributed by atoms with Crippen LogP contribution >= 0.6 is 0 Å². The van der Waals surface area contributed by atoms with Gasteiger partial charge in [0, 0.05) is 7.05 Å². The highest BCUT2D eigenvalue weighted by atomic mass is 15.1. The molecule has 92 valence electrons. The first-order chi connectivity index (χ1) is 7.99. The zero-order chi connectivity index (χ0) is 12.6. The molecule has 2 aromatic rings. The zero-order valence-electron chi connectivity index (χ0n) is 11.1. The van der Waals surface area contributed by atoms with E-state index in [4.69, 9.17) is 5.73 Å². The molecule has 3 nitrogen and oxygen atoms in total. The highest BCUT2D eigenvalue weighted by molar-refractivity contribution is 5.76. The number of fused-ring (bicyclic) bond motifs is 1. The van der Waals surface area contributed by atoms with Gasteiger partial charge in [-0.2, -0.15) is 0 Å². The molecule has 2 N–H and O–H groups in total. The smallest absolute Gasteiger partial charge is 0.126 e. The van der Waals surface area contributed by atoms with E-state index < -0.39 is 0 Å². The van der Waals surface area contributed by atoms with Crippen molar-refractivity contribution in [3.63, 3.8) is 0 Å². The van der Waals surface area contributed by atoms with Gasteiger partial charge in [0.15, 0.2) is 0 Å². The molecule has 2 rings (SSSR count). The molecule has 0 bridgehead atoms. The summed E-state index contributed by atoms with van der Waals surface area (Å²) in [5.74, 6) is 1.57. The summed E-state index contributed by atoms with van der Waals surface area (Å²) in [5, 5.41) is 0. The molecule has 0 aliphatic heterocycles. The SMILES string of the molecule is Cc1ccc2c(c1)nc(C(N)CC(C)C)n2C. The van der Waals surface area contributed by atoms with E-state index in [0.717, 1.165) is 23.3 Å². The molecule has 0 spiro atoms. The Balaban J connectivity index is 2.44. The minimum Gasteiger partial charge on any atom is -0.330 e. The van der Waals surface area contributed by atoms with Crippen LogP contribution in [0.3, 0.4) is 0 Å². The Morgan fingerprint density at radius 3 is 2.71 bits per heavy atom. The lowest BCUT2D eigenvalue weighted by Gasteiger charge is -2.13. The van der Waals surface area contributed by atoms with E-state index in [9.17, 15) is 0 Å². The molecule has 0 saturated heterocycles. The van der Waals surface area contributed by atoms with Crippen LogP contribution < -0.4 is 5.73 Å². The van der Waals surface area contributed by atoms with Crippen LogP contribution in [0.5, 0.6) is 0 Å². The third-order valence-corrected chi connectivity index (χ3v) is 3.13. The first-order valence-electron chi connectivity index (χ1n) is 6.17. The second-order valence-electron chi connectivity index (χ2n) is 5.26. The van der Waals surface area contributed by atoms with Crippen LogP contribution in [0.25, 0.3) is 11.0 Å². The van der Waals surface area contributed by atoms with E-state index in [1.165, 1.54) is 5.56 Å². The summed E-state index contributed by atoms with van der Waals surface area (Å²) >= 11 is 0. The maximum atomic E-state index is 6.22. The highest BCUT2D eigenvalue weighted by Gasteiger charge is 2.15. The van der Waals surface area contributed by atoms with Gasteiger partial charge in [-0.1, -0.05) is 19.9 Å². The van der Waals surface area contributed by atoms with Crippen molar-refractivity contribution in [3.8, 4) is 0 Å². The number of aryl methyl sites for hydroxylation is 2. The summed E-state index contributed by atoms with van der Waals surface area (Å²) in [4.78, 5) is 4.66. The predicted molar refractivity (Wildman–Crippen MR) is 71.8 cm³/mol. The van der Waals surface area contributed by atoms with E-state index in [-0.39, 0.29) is 6.04 Å². The Morgan fingerprint density at radius 2 is 2.06 bits per heavy atom. The van der Waals surface area contributed by atoms with Crippen molar-refractivity contribution >= 4 is 11.0 Å². The monoisotopic (exact) mass is 231 g/mol. The molecule has 0 amide bonds. The lowest BCUT2D eigenvalue weighted by atomic mass is 10.0. The number of aromatic nitrogens is 2. The number of nitrogens with two attached hydrogens (primary N) is 1.